The van der Waals surface area contributed by atoms with Crippen LogP contribution in [0.15, 0.2) is 59.2 Å². The van der Waals surface area contributed by atoms with Crippen LogP contribution in [0.4, 0.5) is 8.78 Å². The second-order valence-electron chi connectivity index (χ2n) is 7.08. The van der Waals surface area contributed by atoms with E-state index < -0.39 is 12.6 Å². The molecular weight excluding hydrogens is 352 g/mol. The summed E-state index contributed by atoms with van der Waals surface area (Å²) in [5, 5.41) is 0. The first-order valence-corrected chi connectivity index (χ1v) is 8.41. The lowest BCUT2D eigenvalue weighted by atomic mass is 9.87. The van der Waals surface area contributed by atoms with E-state index in [1.807, 2.05) is 24.3 Å². The highest BCUT2D eigenvalue weighted by Gasteiger charge is 2.25. The van der Waals surface area contributed by atoms with Crippen molar-refractivity contribution in [2.45, 2.75) is 32.8 Å². The average molecular weight is 371 g/mol. The lowest BCUT2D eigenvalue weighted by molar-refractivity contribution is -0.129. The summed E-state index contributed by atoms with van der Waals surface area (Å²) >= 11 is 0. The van der Waals surface area contributed by atoms with Gasteiger partial charge in [0.2, 0.25) is 5.90 Å². The van der Waals surface area contributed by atoms with Crippen LogP contribution in [0.1, 0.15) is 37.5 Å². The van der Waals surface area contributed by atoms with Crippen LogP contribution in [-0.4, -0.2) is 18.5 Å². The number of carbonyl (C=O) groups excluding carboxylic acids is 1. The molecule has 4 nitrogen and oxygen atoms in total. The number of ether oxygens (including phenoxy) is 2. The van der Waals surface area contributed by atoms with Gasteiger partial charge in [-0.25, -0.2) is 9.79 Å². The van der Waals surface area contributed by atoms with Gasteiger partial charge in [-0.3, -0.25) is 0 Å². The molecule has 1 aliphatic heterocycles. The number of rotatable bonds is 4. The third-order valence-corrected chi connectivity index (χ3v) is 4.05. The van der Waals surface area contributed by atoms with Crippen molar-refractivity contribution in [2.24, 2.45) is 4.99 Å². The van der Waals surface area contributed by atoms with Gasteiger partial charge < -0.3 is 9.47 Å². The Morgan fingerprint density at radius 3 is 2.37 bits per heavy atom. The van der Waals surface area contributed by atoms with Crippen LogP contribution >= 0.6 is 0 Å². The molecule has 0 bridgehead atoms. The lowest BCUT2D eigenvalue weighted by Crippen LogP contribution is -2.11. The second-order valence-corrected chi connectivity index (χ2v) is 7.08. The number of para-hydroxylation sites is 1. The molecule has 2 aromatic carbocycles. The number of hydrogen-bond acceptors (Lipinski definition) is 4. The largest absolute Gasteiger partial charge is 0.434 e. The van der Waals surface area contributed by atoms with Crippen molar-refractivity contribution in [1.82, 2.24) is 0 Å². The number of benzene rings is 2. The molecule has 2 aromatic rings. The summed E-state index contributed by atoms with van der Waals surface area (Å²) in [6, 6.07) is 13.8. The predicted molar refractivity (Wildman–Crippen MR) is 98.8 cm³/mol. The number of nitrogens with zero attached hydrogens (tertiary/aromatic N) is 1. The second kappa shape index (κ2) is 7.31. The summed E-state index contributed by atoms with van der Waals surface area (Å²) in [5.41, 5.74) is 2.15. The van der Waals surface area contributed by atoms with Gasteiger partial charge >= 0.3 is 12.6 Å². The van der Waals surface area contributed by atoms with Crippen molar-refractivity contribution >= 4 is 17.9 Å². The Hall–Kier alpha value is -3.02. The van der Waals surface area contributed by atoms with E-state index in [9.17, 15) is 13.6 Å². The quantitative estimate of drug-likeness (QED) is 0.566. The molecule has 0 aliphatic carbocycles. The first kappa shape index (κ1) is 18.8. The van der Waals surface area contributed by atoms with Crippen LogP contribution < -0.4 is 4.74 Å². The molecule has 1 aliphatic rings. The highest BCUT2D eigenvalue weighted by atomic mass is 19.3. The summed E-state index contributed by atoms with van der Waals surface area (Å²) in [4.78, 5) is 16.3. The third-order valence-electron chi connectivity index (χ3n) is 4.05. The monoisotopic (exact) mass is 371 g/mol. The summed E-state index contributed by atoms with van der Waals surface area (Å²) in [7, 11) is 0. The summed E-state index contributed by atoms with van der Waals surface area (Å²) in [5.74, 6) is -0.498. The van der Waals surface area contributed by atoms with Gasteiger partial charge in [0, 0.05) is 11.1 Å². The van der Waals surface area contributed by atoms with Crippen molar-refractivity contribution < 1.29 is 23.0 Å². The summed E-state index contributed by atoms with van der Waals surface area (Å²) in [6.45, 7) is 3.36. The van der Waals surface area contributed by atoms with Gasteiger partial charge in [0.15, 0.2) is 5.70 Å². The maximum Gasteiger partial charge on any atom is 0.387 e. The van der Waals surface area contributed by atoms with Crippen molar-refractivity contribution in [3.05, 3.63) is 70.9 Å². The smallest absolute Gasteiger partial charge is 0.387 e. The van der Waals surface area contributed by atoms with E-state index in [0.717, 1.165) is 5.56 Å². The highest BCUT2D eigenvalue weighted by Crippen LogP contribution is 2.27. The highest BCUT2D eigenvalue weighted by molar-refractivity contribution is 6.12. The van der Waals surface area contributed by atoms with Crippen LogP contribution in [0.2, 0.25) is 0 Å². The topological polar surface area (TPSA) is 47.9 Å². The van der Waals surface area contributed by atoms with Gasteiger partial charge in [0.1, 0.15) is 5.75 Å². The zero-order valence-electron chi connectivity index (χ0n) is 15.2. The van der Waals surface area contributed by atoms with Crippen LogP contribution in [0, 0.1) is 0 Å². The molecule has 0 aromatic heterocycles. The predicted octanol–water partition coefficient (Wildman–Crippen LogP) is 4.93. The Morgan fingerprint density at radius 1 is 1.07 bits per heavy atom. The summed E-state index contributed by atoms with van der Waals surface area (Å²) in [6.07, 6.45) is 1.37. The van der Waals surface area contributed by atoms with E-state index in [4.69, 9.17) is 4.74 Å². The number of cyclic esters (lactones) is 1. The van der Waals surface area contributed by atoms with Crippen molar-refractivity contribution in [2.75, 3.05) is 0 Å². The molecule has 1 heterocycles. The molecule has 0 spiro atoms. The minimum atomic E-state index is -2.96. The minimum Gasteiger partial charge on any atom is -0.434 e. The number of alkyl halides is 2. The van der Waals surface area contributed by atoms with Crippen LogP contribution in [0.3, 0.4) is 0 Å². The summed E-state index contributed by atoms with van der Waals surface area (Å²) < 4.78 is 34.8. The Morgan fingerprint density at radius 2 is 1.74 bits per heavy atom. The zero-order valence-corrected chi connectivity index (χ0v) is 15.2. The maximum atomic E-state index is 12.5. The van der Waals surface area contributed by atoms with Crippen LogP contribution in [-0.2, 0) is 14.9 Å². The van der Waals surface area contributed by atoms with Gasteiger partial charge in [0.05, 0.1) is 0 Å². The molecule has 0 unspecified atom stereocenters. The van der Waals surface area contributed by atoms with Crippen molar-refractivity contribution in [3.8, 4) is 5.75 Å². The number of halogens is 2. The van der Waals surface area contributed by atoms with Crippen LogP contribution in [0.5, 0.6) is 5.75 Å². The zero-order chi connectivity index (χ0) is 19.6. The molecule has 0 saturated carbocycles. The fraction of sp³-hybridized carbons (Fsp3) is 0.238. The fourth-order valence-corrected chi connectivity index (χ4v) is 2.60. The SMILES string of the molecule is CC(C)(C)c1ccc(C2=NC(=Cc3ccccc3OC(F)F)C(=O)O2)cc1. The van der Waals surface area contributed by atoms with E-state index in [1.165, 1.54) is 12.1 Å². The molecule has 140 valence electrons. The van der Waals surface area contributed by atoms with Gasteiger partial charge in [-0.2, -0.15) is 8.78 Å². The van der Waals surface area contributed by atoms with E-state index in [2.05, 4.69) is 30.5 Å². The molecular formula is C21H19F2NO3. The molecule has 0 fully saturated rings. The van der Waals surface area contributed by atoms with Crippen molar-refractivity contribution in [1.29, 1.82) is 0 Å². The fourth-order valence-electron chi connectivity index (χ4n) is 2.60. The first-order valence-electron chi connectivity index (χ1n) is 8.41. The molecule has 6 heteroatoms. The Balaban J connectivity index is 1.90. The molecule has 0 radical (unpaired) electrons. The standard InChI is InChI=1S/C21H19F2NO3/c1-21(2,3)15-10-8-13(9-11-15)18-24-16(19(25)27-18)12-14-6-4-5-7-17(14)26-20(22)23/h4-12,20H,1-3H3. The number of esters is 1. The Labute approximate surface area is 156 Å². The lowest BCUT2D eigenvalue weighted by Gasteiger charge is -2.18. The van der Waals surface area contributed by atoms with Gasteiger partial charge in [0.25, 0.3) is 0 Å². The van der Waals surface area contributed by atoms with Crippen LogP contribution in [0.25, 0.3) is 6.08 Å². The van der Waals surface area contributed by atoms with Gasteiger partial charge in [-0.1, -0.05) is 51.1 Å². The molecule has 27 heavy (non-hydrogen) atoms. The molecule has 0 atom stereocenters. The van der Waals surface area contributed by atoms with E-state index in [1.54, 1.807) is 18.2 Å². The number of carbonyl (C=O) groups is 1. The molecule has 0 amide bonds. The molecule has 3 rings (SSSR count). The van der Waals surface area contributed by atoms with Crippen molar-refractivity contribution in [3.63, 3.8) is 0 Å². The van der Waals surface area contributed by atoms with E-state index in [0.29, 0.717) is 11.1 Å². The Bertz CT molecular complexity index is 910. The van der Waals surface area contributed by atoms with Gasteiger partial charge in [-0.05, 0) is 35.3 Å². The third kappa shape index (κ3) is 4.39. The minimum absolute atomic E-state index is 0.00612. The number of aliphatic imine (C=N–C) groups is 1. The molecule has 0 saturated heterocycles. The number of hydrogen-bond donors (Lipinski definition) is 0. The Kier molecular flexibility index (Phi) is 5.08. The van der Waals surface area contributed by atoms with E-state index in [-0.39, 0.29) is 22.8 Å². The molecule has 0 N–H and O–H groups in total. The maximum absolute atomic E-state index is 12.5. The normalized spacial score (nSPS) is 15.9. The van der Waals surface area contributed by atoms with Gasteiger partial charge in [-0.15, -0.1) is 0 Å². The van der Waals surface area contributed by atoms with E-state index >= 15 is 0 Å². The average Bonchev–Trinajstić information content (AvgIpc) is 2.96. The first-order chi connectivity index (χ1) is 12.7.